The fraction of sp³-hybridized carbons (Fsp3) is 0.273. The number of hydrogen-bond donors (Lipinski definition) is 2. The highest BCUT2D eigenvalue weighted by Gasteiger charge is 2.29. The Bertz CT molecular complexity index is 1900. The lowest BCUT2D eigenvalue weighted by atomic mass is 10.0. The van der Waals surface area contributed by atoms with Gasteiger partial charge in [0.15, 0.2) is 9.84 Å². The number of para-hydroxylation sites is 1. The third-order valence-corrected chi connectivity index (χ3v) is 9.24. The fourth-order valence-corrected chi connectivity index (χ4v) is 6.97. The normalized spacial score (nSPS) is 14.4. The van der Waals surface area contributed by atoms with E-state index in [2.05, 4.69) is 19.9 Å². The Hall–Kier alpha value is -4.17. The van der Waals surface area contributed by atoms with Crippen LogP contribution in [0.4, 0.5) is 21.9 Å². The minimum Gasteiger partial charge on any atom is -0.439 e. The van der Waals surface area contributed by atoms with Crippen LogP contribution in [0.3, 0.4) is 0 Å². The molecule has 1 aliphatic heterocycles. The summed E-state index contributed by atoms with van der Waals surface area (Å²) in [4.78, 5) is 22.2. The molecule has 0 radical (unpaired) electrons. The second-order valence-corrected chi connectivity index (χ2v) is 15.8. The van der Waals surface area contributed by atoms with E-state index >= 15 is 0 Å². The van der Waals surface area contributed by atoms with Crippen molar-refractivity contribution in [3.63, 3.8) is 0 Å². The zero-order valence-corrected chi connectivity index (χ0v) is 28.4. The third-order valence-electron chi connectivity index (χ3n) is 7.47. The lowest BCUT2D eigenvalue weighted by Crippen LogP contribution is -2.49. The number of pyridine rings is 1. The van der Waals surface area contributed by atoms with Crippen LogP contribution < -0.4 is 19.7 Å². The van der Waals surface area contributed by atoms with E-state index in [1.807, 2.05) is 42.5 Å². The minimum absolute atomic E-state index is 0.0218. The standard InChI is InChI=1S/C33H36ClN5O6S2/c1-46(41,42)23-24-8-12-29(13-9-24)45-32-15-10-25(21-35-32)22-38-18-16-28(17-19-38)39(27-6-4-3-5-7-27)33(40)36-26-11-14-30(34)31(20-26)37-47(2,43)44/h3-15,20-21,28,37H,16-19,22-23H2,1-2H3,(H,36,40). The van der Waals surface area contributed by atoms with E-state index in [0.717, 1.165) is 43.4 Å². The Balaban J connectivity index is 1.19. The maximum absolute atomic E-state index is 13.7. The van der Waals surface area contributed by atoms with Crippen molar-refractivity contribution in [1.82, 2.24) is 9.88 Å². The molecule has 0 atom stereocenters. The Labute approximate surface area is 280 Å². The first-order valence-electron chi connectivity index (χ1n) is 14.9. The second-order valence-electron chi connectivity index (χ2n) is 11.5. The van der Waals surface area contributed by atoms with E-state index in [4.69, 9.17) is 16.3 Å². The summed E-state index contributed by atoms with van der Waals surface area (Å²) in [6.45, 7) is 2.23. The molecule has 248 valence electrons. The molecule has 3 aromatic carbocycles. The van der Waals surface area contributed by atoms with Crippen molar-refractivity contribution < 1.29 is 26.4 Å². The topological polar surface area (TPSA) is 138 Å². The van der Waals surface area contributed by atoms with Crippen molar-refractivity contribution in [2.45, 2.75) is 31.2 Å². The number of carbonyl (C=O) groups is 1. The Kier molecular flexibility index (Phi) is 10.7. The van der Waals surface area contributed by atoms with Crippen molar-refractivity contribution in [2.24, 2.45) is 0 Å². The van der Waals surface area contributed by atoms with Crippen LogP contribution in [0.1, 0.15) is 24.0 Å². The summed E-state index contributed by atoms with van der Waals surface area (Å²) >= 11 is 6.17. The molecule has 1 fully saturated rings. The summed E-state index contributed by atoms with van der Waals surface area (Å²) in [5.41, 5.74) is 3.07. The molecule has 11 nitrogen and oxygen atoms in total. The van der Waals surface area contributed by atoms with Gasteiger partial charge in [-0.15, -0.1) is 0 Å². The number of piperidine rings is 1. The number of nitrogens with zero attached hydrogens (tertiary/aromatic N) is 3. The van der Waals surface area contributed by atoms with E-state index in [1.165, 1.54) is 18.4 Å². The summed E-state index contributed by atoms with van der Waals surface area (Å²) < 4.78 is 54.8. The van der Waals surface area contributed by atoms with Crippen LogP contribution in [-0.2, 0) is 32.2 Å². The molecular formula is C33H36ClN5O6S2. The highest BCUT2D eigenvalue weighted by atomic mass is 35.5. The molecule has 4 aromatic rings. The van der Waals surface area contributed by atoms with Gasteiger partial charge in [0.2, 0.25) is 15.9 Å². The van der Waals surface area contributed by atoms with Gasteiger partial charge in [-0.1, -0.05) is 48.0 Å². The molecule has 5 rings (SSSR count). The maximum Gasteiger partial charge on any atom is 0.326 e. The first kappa shape index (κ1) is 34.2. The van der Waals surface area contributed by atoms with E-state index in [0.29, 0.717) is 29.4 Å². The van der Waals surface area contributed by atoms with Crippen molar-refractivity contribution in [3.05, 3.63) is 107 Å². The van der Waals surface area contributed by atoms with Crippen LogP contribution in [0.5, 0.6) is 11.6 Å². The predicted molar refractivity (Wildman–Crippen MR) is 185 cm³/mol. The van der Waals surface area contributed by atoms with Gasteiger partial charge in [-0.2, -0.15) is 0 Å². The highest BCUT2D eigenvalue weighted by Crippen LogP contribution is 2.29. The smallest absolute Gasteiger partial charge is 0.326 e. The zero-order valence-electron chi connectivity index (χ0n) is 26.0. The molecule has 2 heterocycles. The number of halogens is 1. The number of benzene rings is 3. The van der Waals surface area contributed by atoms with Gasteiger partial charge in [0, 0.05) is 55.6 Å². The monoisotopic (exact) mass is 697 g/mol. The average Bonchev–Trinajstić information content (AvgIpc) is 3.01. The largest absolute Gasteiger partial charge is 0.439 e. The van der Waals surface area contributed by atoms with Crippen molar-refractivity contribution in [3.8, 4) is 11.6 Å². The van der Waals surface area contributed by atoms with Crippen LogP contribution in [0, 0.1) is 0 Å². The summed E-state index contributed by atoms with van der Waals surface area (Å²) in [7, 11) is -6.67. The first-order valence-corrected chi connectivity index (χ1v) is 19.2. The molecule has 2 amide bonds. The number of likely N-dealkylation sites (tertiary alicyclic amines) is 1. The molecule has 47 heavy (non-hydrogen) atoms. The Morgan fingerprint density at radius 3 is 2.23 bits per heavy atom. The van der Waals surface area contributed by atoms with Crippen molar-refractivity contribution in [1.29, 1.82) is 0 Å². The number of amides is 2. The van der Waals surface area contributed by atoms with Crippen molar-refractivity contribution >= 4 is 54.6 Å². The average molecular weight is 698 g/mol. The molecule has 0 saturated carbocycles. The maximum atomic E-state index is 13.7. The molecule has 14 heteroatoms. The lowest BCUT2D eigenvalue weighted by Gasteiger charge is -2.38. The summed E-state index contributed by atoms with van der Waals surface area (Å²) in [5, 5.41) is 3.13. The van der Waals surface area contributed by atoms with Crippen LogP contribution in [0.15, 0.2) is 91.1 Å². The van der Waals surface area contributed by atoms with Gasteiger partial charge in [-0.3, -0.25) is 14.5 Å². The van der Waals surface area contributed by atoms with Gasteiger partial charge < -0.3 is 10.1 Å². The number of hydrogen-bond acceptors (Lipinski definition) is 8. The van der Waals surface area contributed by atoms with Gasteiger partial charge in [-0.25, -0.2) is 26.6 Å². The fourth-order valence-electron chi connectivity index (χ4n) is 5.38. The third kappa shape index (κ3) is 10.2. The number of aromatic nitrogens is 1. The molecule has 2 N–H and O–H groups in total. The summed E-state index contributed by atoms with van der Waals surface area (Å²) in [6.07, 6.45) is 5.50. The lowest BCUT2D eigenvalue weighted by molar-refractivity contribution is 0.199. The molecule has 1 aliphatic rings. The van der Waals surface area contributed by atoms with Gasteiger partial charge >= 0.3 is 6.03 Å². The van der Waals surface area contributed by atoms with Gasteiger partial charge in [0.25, 0.3) is 0 Å². The van der Waals surface area contributed by atoms with E-state index in [-0.39, 0.29) is 28.5 Å². The minimum atomic E-state index is -3.56. The molecule has 0 unspecified atom stereocenters. The second kappa shape index (κ2) is 14.7. The molecule has 0 bridgehead atoms. The number of urea groups is 1. The molecule has 0 spiro atoms. The highest BCUT2D eigenvalue weighted by molar-refractivity contribution is 7.92. The van der Waals surface area contributed by atoms with Crippen LogP contribution in [0.25, 0.3) is 0 Å². The summed E-state index contributed by atoms with van der Waals surface area (Å²) in [5.74, 6) is 0.984. The first-order chi connectivity index (χ1) is 22.3. The van der Waals surface area contributed by atoms with Crippen molar-refractivity contribution in [2.75, 3.05) is 40.5 Å². The zero-order chi connectivity index (χ0) is 33.6. The number of anilines is 3. The van der Waals surface area contributed by atoms with Gasteiger partial charge in [0.05, 0.1) is 22.7 Å². The quantitative estimate of drug-likeness (QED) is 0.191. The molecule has 1 saturated heterocycles. The Morgan fingerprint density at radius 2 is 1.62 bits per heavy atom. The number of ether oxygens (including phenoxy) is 1. The number of nitrogens with one attached hydrogen (secondary N) is 2. The summed E-state index contributed by atoms with van der Waals surface area (Å²) in [6, 6.07) is 24.4. The Morgan fingerprint density at radius 1 is 0.936 bits per heavy atom. The van der Waals surface area contributed by atoms with Crippen LogP contribution >= 0.6 is 11.6 Å². The van der Waals surface area contributed by atoms with E-state index in [1.54, 1.807) is 41.4 Å². The number of sulfone groups is 1. The van der Waals surface area contributed by atoms with Crippen LogP contribution in [0.2, 0.25) is 5.02 Å². The van der Waals surface area contributed by atoms with E-state index in [9.17, 15) is 21.6 Å². The SMILES string of the molecule is CS(=O)(=O)Cc1ccc(Oc2ccc(CN3CCC(N(C(=O)Nc4ccc(Cl)c(NS(C)(=O)=O)c4)c4ccccc4)CC3)cn2)cc1. The molecule has 0 aliphatic carbocycles. The van der Waals surface area contributed by atoms with Gasteiger partial charge in [-0.05, 0) is 66.4 Å². The molecular weight excluding hydrogens is 662 g/mol. The number of sulfonamides is 1. The molecule has 1 aromatic heterocycles. The van der Waals surface area contributed by atoms with E-state index < -0.39 is 19.9 Å². The number of carbonyl (C=O) groups excluding carboxylic acids is 1. The predicted octanol–water partition coefficient (Wildman–Crippen LogP) is 6.15. The van der Waals surface area contributed by atoms with Crippen LogP contribution in [-0.4, -0.2) is 64.4 Å². The number of rotatable bonds is 11. The van der Waals surface area contributed by atoms with Gasteiger partial charge in [0.1, 0.15) is 5.75 Å².